The Morgan fingerprint density at radius 2 is 2.00 bits per heavy atom. The van der Waals surface area contributed by atoms with Crippen molar-refractivity contribution in [3.05, 3.63) is 58.6 Å². The van der Waals surface area contributed by atoms with Gasteiger partial charge in [0, 0.05) is 12.1 Å². The van der Waals surface area contributed by atoms with Crippen LogP contribution in [-0.4, -0.2) is 18.4 Å². The number of carbonyl (C=O) groups excluding carboxylic acids is 2. The van der Waals surface area contributed by atoms with E-state index in [4.69, 9.17) is 11.6 Å². The quantitative estimate of drug-likeness (QED) is 0.936. The number of hydrogen-bond donors (Lipinski definition) is 1. The molecule has 1 aliphatic rings. The molecule has 0 bridgehead atoms. The van der Waals surface area contributed by atoms with E-state index in [0.717, 1.165) is 23.2 Å². The van der Waals surface area contributed by atoms with E-state index in [9.17, 15) is 9.59 Å². The molecular formula is C18H17ClN2O2. The zero-order chi connectivity index (χ0) is 16.4. The molecule has 0 atom stereocenters. The summed E-state index contributed by atoms with van der Waals surface area (Å²) in [7, 11) is 0. The van der Waals surface area contributed by atoms with Gasteiger partial charge in [-0.25, -0.2) is 0 Å². The van der Waals surface area contributed by atoms with Crippen LogP contribution in [0.2, 0.25) is 5.02 Å². The molecule has 0 saturated heterocycles. The van der Waals surface area contributed by atoms with Gasteiger partial charge in [0.1, 0.15) is 6.54 Å². The highest BCUT2D eigenvalue weighted by atomic mass is 35.5. The Balaban J connectivity index is 1.76. The first-order valence-electron chi connectivity index (χ1n) is 7.49. The first-order valence-corrected chi connectivity index (χ1v) is 7.86. The van der Waals surface area contributed by atoms with Crippen LogP contribution in [0.1, 0.15) is 17.5 Å². The lowest BCUT2D eigenvalue weighted by Crippen LogP contribution is -2.40. The molecule has 1 N–H and O–H groups in total. The van der Waals surface area contributed by atoms with Crippen LogP contribution in [0.3, 0.4) is 0 Å². The molecule has 23 heavy (non-hydrogen) atoms. The van der Waals surface area contributed by atoms with E-state index < -0.39 is 0 Å². The molecule has 0 aliphatic carbocycles. The summed E-state index contributed by atoms with van der Waals surface area (Å²) in [6.45, 7) is 1.92. The highest BCUT2D eigenvalue weighted by molar-refractivity contribution is 6.33. The minimum Gasteiger partial charge on any atom is -0.323 e. The summed E-state index contributed by atoms with van der Waals surface area (Å²) in [6.07, 6.45) is 1.15. The van der Waals surface area contributed by atoms with Crippen LogP contribution in [0, 0.1) is 6.92 Å². The van der Waals surface area contributed by atoms with Gasteiger partial charge >= 0.3 is 0 Å². The van der Waals surface area contributed by atoms with Crippen LogP contribution in [0.15, 0.2) is 42.5 Å². The molecule has 5 heteroatoms. The number of fused-ring (bicyclic) bond motifs is 1. The summed E-state index contributed by atoms with van der Waals surface area (Å²) in [5.74, 6) is -0.297. The number of anilines is 2. The Morgan fingerprint density at radius 1 is 1.22 bits per heavy atom. The Labute approximate surface area is 140 Å². The molecule has 2 amide bonds. The molecule has 0 aromatic heterocycles. The van der Waals surface area contributed by atoms with Crippen molar-refractivity contribution in [1.29, 1.82) is 0 Å². The van der Waals surface area contributed by atoms with Crippen molar-refractivity contribution in [2.75, 3.05) is 16.8 Å². The number of hydrogen-bond acceptors (Lipinski definition) is 2. The molecular weight excluding hydrogens is 312 g/mol. The Morgan fingerprint density at radius 3 is 2.78 bits per heavy atom. The average molecular weight is 329 g/mol. The Bertz CT molecular complexity index is 773. The van der Waals surface area contributed by atoms with Gasteiger partial charge in [-0.15, -0.1) is 0 Å². The predicted molar refractivity (Wildman–Crippen MR) is 91.9 cm³/mol. The lowest BCUT2D eigenvalue weighted by Gasteiger charge is -2.28. The monoisotopic (exact) mass is 328 g/mol. The fraction of sp³-hybridized carbons (Fsp3) is 0.222. The second kappa shape index (κ2) is 6.42. The van der Waals surface area contributed by atoms with E-state index in [1.54, 1.807) is 12.1 Å². The number of aryl methyl sites for hydroxylation is 2. The van der Waals surface area contributed by atoms with E-state index in [-0.39, 0.29) is 18.4 Å². The molecule has 2 aromatic rings. The van der Waals surface area contributed by atoms with E-state index in [2.05, 4.69) is 5.32 Å². The number of halogens is 1. The molecule has 3 rings (SSSR count). The van der Waals surface area contributed by atoms with Gasteiger partial charge in [0.05, 0.1) is 10.7 Å². The lowest BCUT2D eigenvalue weighted by molar-refractivity contribution is -0.121. The molecule has 1 aliphatic heterocycles. The van der Waals surface area contributed by atoms with E-state index in [1.807, 2.05) is 37.3 Å². The molecule has 0 spiro atoms. The minimum absolute atomic E-state index is 0.0138. The molecule has 1 heterocycles. The topological polar surface area (TPSA) is 49.4 Å². The molecule has 0 fully saturated rings. The molecule has 0 radical (unpaired) electrons. The van der Waals surface area contributed by atoms with Crippen molar-refractivity contribution in [2.45, 2.75) is 19.8 Å². The van der Waals surface area contributed by atoms with E-state index >= 15 is 0 Å². The smallest absolute Gasteiger partial charge is 0.244 e. The second-order valence-electron chi connectivity index (χ2n) is 5.64. The third kappa shape index (κ3) is 3.37. The number of carbonyl (C=O) groups is 2. The number of amides is 2. The third-order valence-electron chi connectivity index (χ3n) is 3.89. The van der Waals surface area contributed by atoms with Gasteiger partial charge in [0.25, 0.3) is 0 Å². The standard InChI is InChI=1S/C18H17ClN2O2/c1-12-6-8-15(14(19)10-12)20-17(22)11-21-16-5-3-2-4-13(16)7-9-18(21)23/h2-6,8,10H,7,9,11H2,1H3,(H,20,22). The molecule has 118 valence electrons. The third-order valence-corrected chi connectivity index (χ3v) is 4.20. The lowest BCUT2D eigenvalue weighted by atomic mass is 10.0. The van der Waals surface area contributed by atoms with Gasteiger partial charge in [-0.1, -0.05) is 35.9 Å². The van der Waals surface area contributed by atoms with Gasteiger partial charge in [0.2, 0.25) is 11.8 Å². The number of para-hydroxylation sites is 1. The molecule has 4 nitrogen and oxygen atoms in total. The normalized spacial score (nSPS) is 13.7. The molecule has 2 aromatic carbocycles. The molecule has 0 saturated carbocycles. The fourth-order valence-electron chi connectivity index (χ4n) is 2.72. The maximum absolute atomic E-state index is 12.3. The fourth-order valence-corrected chi connectivity index (χ4v) is 3.01. The van der Waals surface area contributed by atoms with Crippen molar-refractivity contribution < 1.29 is 9.59 Å². The number of nitrogens with zero attached hydrogens (tertiary/aromatic N) is 1. The number of benzene rings is 2. The van der Waals surface area contributed by atoms with Crippen LogP contribution in [0.25, 0.3) is 0 Å². The van der Waals surface area contributed by atoms with E-state index in [0.29, 0.717) is 17.1 Å². The summed E-state index contributed by atoms with van der Waals surface area (Å²) in [6, 6.07) is 13.1. The van der Waals surface area contributed by atoms with Crippen LogP contribution >= 0.6 is 11.6 Å². The van der Waals surface area contributed by atoms with Crippen molar-refractivity contribution in [3.8, 4) is 0 Å². The Hall–Kier alpha value is -2.33. The minimum atomic E-state index is -0.263. The summed E-state index contributed by atoms with van der Waals surface area (Å²) in [5.41, 5.74) is 3.48. The van der Waals surface area contributed by atoms with Gasteiger partial charge in [-0.3, -0.25) is 9.59 Å². The maximum atomic E-state index is 12.3. The van der Waals surface area contributed by atoms with Crippen LogP contribution < -0.4 is 10.2 Å². The summed E-state index contributed by atoms with van der Waals surface area (Å²) in [4.78, 5) is 26.0. The van der Waals surface area contributed by atoms with Crippen molar-refractivity contribution in [3.63, 3.8) is 0 Å². The van der Waals surface area contributed by atoms with Crippen LogP contribution in [0.4, 0.5) is 11.4 Å². The first kappa shape index (κ1) is 15.6. The van der Waals surface area contributed by atoms with E-state index in [1.165, 1.54) is 4.90 Å². The largest absolute Gasteiger partial charge is 0.323 e. The SMILES string of the molecule is Cc1ccc(NC(=O)CN2C(=O)CCc3ccccc32)c(Cl)c1. The van der Waals surface area contributed by atoms with Crippen LogP contribution in [0.5, 0.6) is 0 Å². The van der Waals surface area contributed by atoms with Gasteiger partial charge in [0.15, 0.2) is 0 Å². The number of nitrogens with one attached hydrogen (secondary N) is 1. The first-order chi connectivity index (χ1) is 11.0. The van der Waals surface area contributed by atoms with Gasteiger partial charge in [-0.05, 0) is 42.7 Å². The summed E-state index contributed by atoms with van der Waals surface area (Å²) >= 11 is 6.13. The van der Waals surface area contributed by atoms with Gasteiger partial charge in [-0.2, -0.15) is 0 Å². The van der Waals surface area contributed by atoms with Gasteiger partial charge < -0.3 is 10.2 Å². The average Bonchev–Trinajstić information content (AvgIpc) is 2.53. The maximum Gasteiger partial charge on any atom is 0.244 e. The second-order valence-corrected chi connectivity index (χ2v) is 6.05. The zero-order valence-corrected chi connectivity index (χ0v) is 13.6. The Kier molecular flexibility index (Phi) is 4.35. The van der Waals surface area contributed by atoms with Crippen LogP contribution in [-0.2, 0) is 16.0 Å². The number of rotatable bonds is 3. The summed E-state index contributed by atoms with van der Waals surface area (Å²) in [5, 5.41) is 3.26. The predicted octanol–water partition coefficient (Wildman–Crippen LogP) is 3.57. The summed E-state index contributed by atoms with van der Waals surface area (Å²) < 4.78 is 0. The van der Waals surface area contributed by atoms with Crippen molar-refractivity contribution in [2.24, 2.45) is 0 Å². The highest BCUT2D eigenvalue weighted by Crippen LogP contribution is 2.28. The van der Waals surface area contributed by atoms with Crippen molar-refractivity contribution in [1.82, 2.24) is 0 Å². The highest BCUT2D eigenvalue weighted by Gasteiger charge is 2.25. The zero-order valence-electron chi connectivity index (χ0n) is 12.8. The molecule has 0 unspecified atom stereocenters. The van der Waals surface area contributed by atoms with Crippen molar-refractivity contribution >= 4 is 34.8 Å².